The molecule has 0 radical (unpaired) electrons. The fourth-order valence-electron chi connectivity index (χ4n) is 3.14. The molecule has 7 heteroatoms. The van der Waals surface area contributed by atoms with Gasteiger partial charge in [0.2, 0.25) is 11.8 Å². The molecule has 1 N–H and O–H groups in total. The minimum Gasteiger partial charge on any atom is -0.450 e. The molecule has 7 nitrogen and oxygen atoms in total. The van der Waals surface area contributed by atoms with Crippen molar-refractivity contribution in [2.24, 2.45) is 0 Å². The number of rotatable bonds is 6. The molecule has 0 aromatic heterocycles. The Labute approximate surface area is 154 Å². The van der Waals surface area contributed by atoms with Gasteiger partial charge < -0.3 is 19.9 Å². The zero-order valence-corrected chi connectivity index (χ0v) is 15.4. The maximum atomic E-state index is 12.1. The smallest absolute Gasteiger partial charge is 0.409 e. The number of hydrogen-bond donors (Lipinski definition) is 1. The van der Waals surface area contributed by atoms with Crippen LogP contribution in [-0.2, 0) is 14.3 Å². The number of hydrogen-bond acceptors (Lipinski definition) is 4. The Bertz CT molecular complexity index is 612. The summed E-state index contributed by atoms with van der Waals surface area (Å²) in [4.78, 5) is 39.3. The molecule has 1 aliphatic heterocycles. The number of benzene rings is 1. The van der Waals surface area contributed by atoms with E-state index in [1.165, 1.54) is 6.92 Å². The first kappa shape index (κ1) is 19.8. The van der Waals surface area contributed by atoms with Crippen LogP contribution in [0.2, 0.25) is 0 Å². The molecule has 0 bridgehead atoms. The van der Waals surface area contributed by atoms with Gasteiger partial charge in [-0.15, -0.1) is 0 Å². The number of piperidine rings is 1. The molecule has 142 valence electrons. The van der Waals surface area contributed by atoms with Crippen LogP contribution in [0.1, 0.15) is 33.1 Å². The minimum absolute atomic E-state index is 0.0442. The van der Waals surface area contributed by atoms with E-state index in [-0.39, 0.29) is 30.4 Å². The lowest BCUT2D eigenvalue weighted by Gasteiger charge is -2.37. The van der Waals surface area contributed by atoms with Gasteiger partial charge in [0.05, 0.1) is 6.61 Å². The standard InChI is InChI=1S/C19H27N3O4/c1-3-26-19(25)21-12-9-17(10-13-21)22(15(2)23)14-11-18(24)20-16-7-5-4-6-8-16/h4-8,17H,3,9-14H2,1-2H3,(H,20,24). The summed E-state index contributed by atoms with van der Waals surface area (Å²) in [6.45, 7) is 5.15. The number of likely N-dealkylation sites (tertiary alicyclic amines) is 1. The van der Waals surface area contributed by atoms with E-state index in [1.54, 1.807) is 16.7 Å². The Hall–Kier alpha value is -2.57. The topological polar surface area (TPSA) is 79.0 Å². The summed E-state index contributed by atoms with van der Waals surface area (Å²) in [5, 5.41) is 2.83. The van der Waals surface area contributed by atoms with Crippen LogP contribution in [-0.4, -0.2) is 60.0 Å². The zero-order valence-electron chi connectivity index (χ0n) is 15.4. The summed E-state index contributed by atoms with van der Waals surface area (Å²) in [6.07, 6.45) is 1.33. The Morgan fingerprint density at radius 3 is 2.42 bits per heavy atom. The lowest BCUT2D eigenvalue weighted by molar-refractivity contribution is -0.132. The average molecular weight is 361 g/mol. The number of nitrogens with zero attached hydrogens (tertiary/aromatic N) is 2. The lowest BCUT2D eigenvalue weighted by atomic mass is 10.0. The van der Waals surface area contributed by atoms with Crippen molar-refractivity contribution < 1.29 is 19.1 Å². The van der Waals surface area contributed by atoms with Gasteiger partial charge in [-0.05, 0) is 31.9 Å². The van der Waals surface area contributed by atoms with Crippen LogP contribution >= 0.6 is 0 Å². The van der Waals surface area contributed by atoms with Crippen molar-refractivity contribution in [3.05, 3.63) is 30.3 Å². The highest BCUT2D eigenvalue weighted by atomic mass is 16.6. The molecule has 1 aromatic carbocycles. The molecule has 1 saturated heterocycles. The molecule has 0 unspecified atom stereocenters. The molecule has 1 aliphatic rings. The van der Waals surface area contributed by atoms with Crippen LogP contribution in [0.5, 0.6) is 0 Å². The Morgan fingerprint density at radius 1 is 1.19 bits per heavy atom. The quantitative estimate of drug-likeness (QED) is 0.844. The molecule has 2 rings (SSSR count). The number of nitrogens with one attached hydrogen (secondary N) is 1. The van der Waals surface area contributed by atoms with Gasteiger partial charge in [-0.2, -0.15) is 0 Å². The summed E-state index contributed by atoms with van der Waals surface area (Å²) < 4.78 is 5.01. The maximum absolute atomic E-state index is 12.1. The summed E-state index contributed by atoms with van der Waals surface area (Å²) >= 11 is 0. The van der Waals surface area contributed by atoms with Crippen molar-refractivity contribution in [3.8, 4) is 0 Å². The van der Waals surface area contributed by atoms with Gasteiger partial charge in [0.1, 0.15) is 0 Å². The summed E-state index contributed by atoms with van der Waals surface area (Å²) in [5.41, 5.74) is 0.745. The third-order valence-corrected chi connectivity index (χ3v) is 4.47. The molecule has 0 aliphatic carbocycles. The first-order valence-corrected chi connectivity index (χ1v) is 9.05. The van der Waals surface area contributed by atoms with Gasteiger partial charge >= 0.3 is 6.09 Å². The second kappa shape index (κ2) is 9.79. The fraction of sp³-hybridized carbons (Fsp3) is 0.526. The van der Waals surface area contributed by atoms with E-state index in [0.717, 1.165) is 5.69 Å². The average Bonchev–Trinajstić information content (AvgIpc) is 2.63. The predicted octanol–water partition coefficient (Wildman–Crippen LogP) is 2.48. The minimum atomic E-state index is -0.303. The third kappa shape index (κ3) is 5.75. The van der Waals surface area contributed by atoms with E-state index in [0.29, 0.717) is 39.1 Å². The molecule has 0 atom stereocenters. The van der Waals surface area contributed by atoms with Gasteiger partial charge in [-0.1, -0.05) is 18.2 Å². The maximum Gasteiger partial charge on any atom is 0.409 e. The number of carbonyl (C=O) groups excluding carboxylic acids is 3. The van der Waals surface area contributed by atoms with Gasteiger partial charge in [-0.3, -0.25) is 9.59 Å². The van der Waals surface area contributed by atoms with Crippen molar-refractivity contribution in [1.82, 2.24) is 9.80 Å². The van der Waals surface area contributed by atoms with Crippen molar-refractivity contribution in [1.29, 1.82) is 0 Å². The van der Waals surface area contributed by atoms with Crippen molar-refractivity contribution in [2.75, 3.05) is 31.6 Å². The van der Waals surface area contributed by atoms with E-state index in [9.17, 15) is 14.4 Å². The van der Waals surface area contributed by atoms with Gasteiger partial charge in [0.25, 0.3) is 0 Å². The van der Waals surface area contributed by atoms with Crippen LogP contribution in [0.3, 0.4) is 0 Å². The largest absolute Gasteiger partial charge is 0.450 e. The third-order valence-electron chi connectivity index (χ3n) is 4.47. The van der Waals surface area contributed by atoms with Gasteiger partial charge in [0, 0.05) is 44.7 Å². The van der Waals surface area contributed by atoms with Gasteiger partial charge in [-0.25, -0.2) is 4.79 Å². The van der Waals surface area contributed by atoms with Crippen LogP contribution in [0.15, 0.2) is 30.3 Å². The highest BCUT2D eigenvalue weighted by Crippen LogP contribution is 2.18. The summed E-state index contributed by atoms with van der Waals surface area (Å²) in [7, 11) is 0. The Kier molecular flexibility index (Phi) is 7.44. The summed E-state index contributed by atoms with van der Waals surface area (Å²) in [5.74, 6) is -0.168. The molecule has 1 fully saturated rings. The SMILES string of the molecule is CCOC(=O)N1CCC(N(CCC(=O)Nc2ccccc2)C(C)=O)CC1. The number of carbonyl (C=O) groups is 3. The molecule has 0 spiro atoms. The Morgan fingerprint density at radius 2 is 1.85 bits per heavy atom. The van der Waals surface area contributed by atoms with Crippen LogP contribution in [0, 0.1) is 0 Å². The number of amides is 3. The zero-order chi connectivity index (χ0) is 18.9. The first-order chi connectivity index (χ1) is 12.5. The van der Waals surface area contributed by atoms with E-state index in [1.807, 2.05) is 30.3 Å². The molecule has 1 heterocycles. The molecule has 3 amide bonds. The monoisotopic (exact) mass is 361 g/mol. The number of ether oxygens (including phenoxy) is 1. The van der Waals surface area contributed by atoms with Crippen molar-refractivity contribution >= 4 is 23.6 Å². The molecule has 26 heavy (non-hydrogen) atoms. The molecule has 0 saturated carbocycles. The highest BCUT2D eigenvalue weighted by Gasteiger charge is 2.28. The predicted molar refractivity (Wildman–Crippen MR) is 98.7 cm³/mol. The van der Waals surface area contributed by atoms with Crippen molar-refractivity contribution in [2.45, 2.75) is 39.2 Å². The van der Waals surface area contributed by atoms with E-state index in [2.05, 4.69) is 5.32 Å². The van der Waals surface area contributed by atoms with E-state index in [4.69, 9.17) is 4.74 Å². The lowest BCUT2D eigenvalue weighted by Crippen LogP contribution is -2.49. The van der Waals surface area contributed by atoms with Gasteiger partial charge in [0.15, 0.2) is 0 Å². The van der Waals surface area contributed by atoms with Crippen LogP contribution in [0.4, 0.5) is 10.5 Å². The molecule has 1 aromatic rings. The first-order valence-electron chi connectivity index (χ1n) is 9.05. The fourth-order valence-corrected chi connectivity index (χ4v) is 3.14. The number of anilines is 1. The second-order valence-corrected chi connectivity index (χ2v) is 6.29. The molecular weight excluding hydrogens is 334 g/mol. The highest BCUT2D eigenvalue weighted by molar-refractivity contribution is 5.91. The normalized spacial score (nSPS) is 14.6. The number of para-hydroxylation sites is 1. The second-order valence-electron chi connectivity index (χ2n) is 6.29. The van der Waals surface area contributed by atoms with E-state index < -0.39 is 0 Å². The van der Waals surface area contributed by atoms with Crippen LogP contribution < -0.4 is 5.32 Å². The van der Waals surface area contributed by atoms with E-state index >= 15 is 0 Å². The summed E-state index contributed by atoms with van der Waals surface area (Å²) in [6, 6.07) is 9.29. The molecular formula is C19H27N3O4. The Balaban J connectivity index is 1.82. The van der Waals surface area contributed by atoms with Crippen molar-refractivity contribution in [3.63, 3.8) is 0 Å². The van der Waals surface area contributed by atoms with Crippen LogP contribution in [0.25, 0.3) is 0 Å².